The van der Waals surface area contributed by atoms with Gasteiger partial charge in [-0.25, -0.2) is 4.79 Å². The summed E-state index contributed by atoms with van der Waals surface area (Å²) < 4.78 is 23.6. The Balaban J connectivity index is 1.73. The highest BCUT2D eigenvalue weighted by Crippen LogP contribution is 2.57. The normalized spacial score (nSPS) is 18.0. The molecule has 3 rings (SSSR count). The Morgan fingerprint density at radius 1 is 1.06 bits per heavy atom. The molecule has 1 fully saturated rings. The Bertz CT molecular complexity index is 989. The van der Waals surface area contributed by atoms with Crippen LogP contribution in [-0.2, 0) is 14.3 Å². The lowest BCUT2D eigenvalue weighted by molar-refractivity contribution is -0.158. The number of ether oxygens (including phenoxy) is 4. The first-order chi connectivity index (χ1) is 17.2. The molecule has 3 unspecified atom stereocenters. The fraction of sp³-hybridized carbons (Fsp3) is 0.581. The highest BCUT2D eigenvalue weighted by atomic mass is 16.6. The topological polar surface area (TPSA) is 54.0 Å². The number of esters is 1. The average molecular weight is 497 g/mol. The smallest absolute Gasteiger partial charge is 0.349 e. The SMILES string of the molecule is CCCCCCOc1ccccc1C(OC)C1CC1c1cc(C)c(OC(C)(C)C(=O)OCC)c(C)c1. The zero-order valence-electron chi connectivity index (χ0n) is 23.2. The molecular weight excluding hydrogens is 452 g/mol. The van der Waals surface area contributed by atoms with Crippen molar-refractivity contribution in [2.75, 3.05) is 20.3 Å². The lowest BCUT2D eigenvalue weighted by Crippen LogP contribution is -2.40. The summed E-state index contributed by atoms with van der Waals surface area (Å²) in [6.45, 7) is 12.7. The van der Waals surface area contributed by atoms with Crippen molar-refractivity contribution in [1.82, 2.24) is 0 Å². The van der Waals surface area contributed by atoms with E-state index in [2.05, 4.69) is 37.3 Å². The molecule has 36 heavy (non-hydrogen) atoms. The van der Waals surface area contributed by atoms with E-state index in [-0.39, 0.29) is 12.1 Å². The summed E-state index contributed by atoms with van der Waals surface area (Å²) in [5, 5.41) is 0. The minimum atomic E-state index is -1.05. The van der Waals surface area contributed by atoms with Crippen molar-refractivity contribution in [2.45, 2.75) is 91.3 Å². The predicted octanol–water partition coefficient (Wildman–Crippen LogP) is 7.47. The highest BCUT2D eigenvalue weighted by Gasteiger charge is 2.46. The second-order valence-corrected chi connectivity index (χ2v) is 10.4. The molecule has 1 aliphatic carbocycles. The van der Waals surface area contributed by atoms with Crippen LogP contribution in [0.3, 0.4) is 0 Å². The number of methoxy groups -OCH3 is 1. The van der Waals surface area contributed by atoms with Crippen LogP contribution in [-0.4, -0.2) is 31.9 Å². The molecule has 0 heterocycles. The third-order valence-corrected chi connectivity index (χ3v) is 7.00. The molecule has 0 spiro atoms. The number of carbonyl (C=O) groups is 1. The summed E-state index contributed by atoms with van der Waals surface area (Å²) in [5.41, 5.74) is 3.43. The Labute approximate surface area is 217 Å². The fourth-order valence-electron chi connectivity index (χ4n) is 4.98. The summed E-state index contributed by atoms with van der Waals surface area (Å²) in [6.07, 6.45) is 5.80. The molecule has 1 aliphatic rings. The van der Waals surface area contributed by atoms with Crippen molar-refractivity contribution in [3.05, 3.63) is 58.7 Å². The van der Waals surface area contributed by atoms with E-state index in [0.717, 1.165) is 47.6 Å². The van der Waals surface area contributed by atoms with Crippen LogP contribution in [0.1, 0.15) is 94.1 Å². The second kappa shape index (κ2) is 12.6. The fourth-order valence-corrected chi connectivity index (χ4v) is 4.98. The molecule has 0 radical (unpaired) electrons. The van der Waals surface area contributed by atoms with Gasteiger partial charge in [-0.2, -0.15) is 0 Å². The van der Waals surface area contributed by atoms with Gasteiger partial charge in [-0.05, 0) is 82.1 Å². The van der Waals surface area contributed by atoms with Crippen molar-refractivity contribution in [3.8, 4) is 11.5 Å². The van der Waals surface area contributed by atoms with Crippen molar-refractivity contribution < 1.29 is 23.7 Å². The van der Waals surface area contributed by atoms with Gasteiger partial charge < -0.3 is 18.9 Å². The third-order valence-electron chi connectivity index (χ3n) is 7.00. The van der Waals surface area contributed by atoms with Crippen molar-refractivity contribution >= 4 is 5.97 Å². The highest BCUT2D eigenvalue weighted by molar-refractivity contribution is 5.79. The monoisotopic (exact) mass is 496 g/mol. The Morgan fingerprint density at radius 2 is 1.75 bits per heavy atom. The van der Waals surface area contributed by atoms with Crippen LogP contribution in [0.2, 0.25) is 0 Å². The number of unbranched alkanes of at least 4 members (excludes halogenated alkanes) is 3. The van der Waals surface area contributed by atoms with Crippen molar-refractivity contribution in [3.63, 3.8) is 0 Å². The molecule has 2 aromatic carbocycles. The standard InChI is InChI=1S/C31H44O5/c1-8-10-11-14-17-35-27-16-13-12-15-24(27)29(33-7)26-20-25(26)23-18-21(3)28(22(4)19-23)36-31(5,6)30(32)34-9-2/h12-13,15-16,18-19,25-26,29H,8-11,14,17,20H2,1-7H3. The summed E-state index contributed by atoms with van der Waals surface area (Å²) in [4.78, 5) is 12.3. The number of aryl methyl sites for hydroxylation is 2. The molecule has 0 amide bonds. The first-order valence-electron chi connectivity index (χ1n) is 13.4. The van der Waals surface area contributed by atoms with E-state index in [1.165, 1.54) is 24.8 Å². The number of para-hydroxylation sites is 1. The molecule has 2 aromatic rings. The summed E-state index contributed by atoms with van der Waals surface area (Å²) >= 11 is 0. The third kappa shape index (κ3) is 6.82. The first kappa shape index (κ1) is 28.0. The van der Waals surface area contributed by atoms with Crippen LogP contribution >= 0.6 is 0 Å². The Hall–Kier alpha value is -2.53. The van der Waals surface area contributed by atoms with Gasteiger partial charge in [0.1, 0.15) is 11.5 Å². The quantitative estimate of drug-likeness (QED) is 0.200. The van der Waals surface area contributed by atoms with Gasteiger partial charge in [-0.1, -0.05) is 56.5 Å². The van der Waals surface area contributed by atoms with Crippen LogP contribution in [0, 0.1) is 19.8 Å². The van der Waals surface area contributed by atoms with E-state index < -0.39 is 5.60 Å². The number of hydrogen-bond acceptors (Lipinski definition) is 5. The summed E-state index contributed by atoms with van der Waals surface area (Å²) in [7, 11) is 1.79. The predicted molar refractivity (Wildman–Crippen MR) is 144 cm³/mol. The number of rotatable bonds is 14. The largest absolute Gasteiger partial charge is 0.493 e. The molecular formula is C31H44O5. The maximum absolute atomic E-state index is 12.3. The minimum Gasteiger partial charge on any atom is -0.493 e. The van der Waals surface area contributed by atoms with Crippen LogP contribution in [0.5, 0.6) is 11.5 Å². The summed E-state index contributed by atoms with van der Waals surface area (Å²) in [5.74, 6) is 2.13. The van der Waals surface area contributed by atoms with E-state index in [9.17, 15) is 4.79 Å². The molecule has 3 atom stereocenters. The summed E-state index contributed by atoms with van der Waals surface area (Å²) in [6, 6.07) is 12.7. The maximum Gasteiger partial charge on any atom is 0.349 e. The zero-order chi connectivity index (χ0) is 26.3. The van der Waals surface area contributed by atoms with Gasteiger partial charge >= 0.3 is 5.97 Å². The average Bonchev–Trinajstić information content (AvgIpc) is 3.63. The van der Waals surface area contributed by atoms with E-state index in [1.54, 1.807) is 27.9 Å². The Kier molecular flexibility index (Phi) is 9.84. The molecule has 1 saturated carbocycles. The van der Waals surface area contributed by atoms with E-state index in [0.29, 0.717) is 18.4 Å². The zero-order valence-corrected chi connectivity index (χ0v) is 23.2. The lowest BCUT2D eigenvalue weighted by Gasteiger charge is -2.26. The van der Waals surface area contributed by atoms with Crippen molar-refractivity contribution in [1.29, 1.82) is 0 Å². The van der Waals surface area contributed by atoms with E-state index in [1.807, 2.05) is 19.9 Å². The second-order valence-electron chi connectivity index (χ2n) is 10.4. The van der Waals surface area contributed by atoms with Crippen molar-refractivity contribution in [2.24, 2.45) is 5.92 Å². The van der Waals surface area contributed by atoms with Crippen LogP contribution in [0.25, 0.3) is 0 Å². The lowest BCUT2D eigenvalue weighted by atomic mass is 9.97. The molecule has 5 nitrogen and oxygen atoms in total. The molecule has 5 heteroatoms. The molecule has 0 N–H and O–H groups in total. The van der Waals surface area contributed by atoms with Gasteiger partial charge in [0.2, 0.25) is 0 Å². The van der Waals surface area contributed by atoms with Crippen LogP contribution < -0.4 is 9.47 Å². The first-order valence-corrected chi connectivity index (χ1v) is 13.4. The minimum absolute atomic E-state index is 0.0128. The Morgan fingerprint density at radius 3 is 2.39 bits per heavy atom. The van der Waals surface area contributed by atoms with Gasteiger partial charge in [-0.15, -0.1) is 0 Å². The van der Waals surface area contributed by atoms with Crippen LogP contribution in [0.15, 0.2) is 36.4 Å². The molecule has 0 bridgehead atoms. The number of hydrogen-bond donors (Lipinski definition) is 0. The molecule has 0 saturated heterocycles. The van der Waals surface area contributed by atoms with Gasteiger partial charge in [0.15, 0.2) is 5.60 Å². The van der Waals surface area contributed by atoms with Gasteiger partial charge in [-0.3, -0.25) is 0 Å². The van der Waals surface area contributed by atoms with E-state index >= 15 is 0 Å². The van der Waals surface area contributed by atoms with Gasteiger partial charge in [0.05, 0.1) is 19.3 Å². The molecule has 0 aromatic heterocycles. The van der Waals surface area contributed by atoms with Crippen LogP contribution in [0.4, 0.5) is 0 Å². The van der Waals surface area contributed by atoms with Gasteiger partial charge in [0.25, 0.3) is 0 Å². The van der Waals surface area contributed by atoms with Gasteiger partial charge in [0, 0.05) is 12.7 Å². The number of benzene rings is 2. The number of carbonyl (C=O) groups excluding carboxylic acids is 1. The van der Waals surface area contributed by atoms with E-state index in [4.69, 9.17) is 18.9 Å². The molecule has 198 valence electrons. The maximum atomic E-state index is 12.3. The molecule has 0 aliphatic heterocycles.